The molecule has 2 nitrogen and oxygen atoms in total. The van der Waals surface area contributed by atoms with Gasteiger partial charge in [-0.3, -0.25) is 4.90 Å². The maximum absolute atomic E-state index is 5.67. The lowest BCUT2D eigenvalue weighted by molar-refractivity contribution is 0.0791. The number of hydrogen-bond donors (Lipinski definition) is 1. The molecule has 0 bridgehead atoms. The average molecular weight is 186 g/mol. The van der Waals surface area contributed by atoms with Crippen LogP contribution in [0, 0.1) is 5.92 Å². The van der Waals surface area contributed by atoms with Gasteiger partial charge < -0.3 is 5.73 Å². The molecule has 0 aromatic heterocycles. The summed E-state index contributed by atoms with van der Waals surface area (Å²) in [6.45, 7) is 12.0. The van der Waals surface area contributed by atoms with Crippen molar-refractivity contribution in [1.29, 1.82) is 0 Å². The van der Waals surface area contributed by atoms with Crippen molar-refractivity contribution in [2.45, 2.75) is 52.6 Å². The maximum atomic E-state index is 5.67. The van der Waals surface area contributed by atoms with Gasteiger partial charge >= 0.3 is 0 Å². The van der Waals surface area contributed by atoms with Crippen LogP contribution in [0.1, 0.15) is 41.0 Å². The van der Waals surface area contributed by atoms with Gasteiger partial charge in [0.05, 0.1) is 0 Å². The van der Waals surface area contributed by atoms with Gasteiger partial charge in [0.15, 0.2) is 0 Å². The summed E-state index contributed by atoms with van der Waals surface area (Å²) in [4.78, 5) is 2.44. The average Bonchev–Trinajstić information content (AvgIpc) is 2.14. The summed E-state index contributed by atoms with van der Waals surface area (Å²) in [7, 11) is 2.19. The quantitative estimate of drug-likeness (QED) is 0.712. The molecule has 0 rings (SSSR count). The highest BCUT2D eigenvalue weighted by Crippen LogP contribution is 2.22. The highest BCUT2D eigenvalue weighted by molar-refractivity contribution is 4.83. The van der Waals surface area contributed by atoms with Crippen LogP contribution in [0.15, 0.2) is 0 Å². The Kier molecular flexibility index (Phi) is 4.93. The molecule has 2 N–H and O–H groups in total. The Morgan fingerprint density at radius 3 is 2.08 bits per heavy atom. The fraction of sp³-hybridized carbons (Fsp3) is 1.00. The van der Waals surface area contributed by atoms with Crippen LogP contribution in [0.25, 0.3) is 0 Å². The zero-order chi connectivity index (χ0) is 10.6. The first-order chi connectivity index (χ1) is 5.86. The summed E-state index contributed by atoms with van der Waals surface area (Å²) in [6, 6.07) is 0.556. The van der Waals surface area contributed by atoms with Crippen LogP contribution < -0.4 is 5.73 Å². The molecule has 0 saturated heterocycles. The van der Waals surface area contributed by atoms with E-state index in [2.05, 4.69) is 46.6 Å². The van der Waals surface area contributed by atoms with Crippen LogP contribution >= 0.6 is 0 Å². The second-order valence-electron chi connectivity index (χ2n) is 4.73. The second kappa shape index (κ2) is 4.97. The third-order valence-electron chi connectivity index (χ3n) is 3.63. The van der Waals surface area contributed by atoms with Gasteiger partial charge in [-0.05, 0) is 46.7 Å². The molecule has 0 radical (unpaired) electrons. The fourth-order valence-electron chi connectivity index (χ4n) is 1.38. The maximum Gasteiger partial charge on any atom is 0.0150 e. The van der Waals surface area contributed by atoms with Crippen molar-refractivity contribution < 1.29 is 0 Å². The molecule has 2 unspecified atom stereocenters. The molecule has 2 heteroatoms. The summed E-state index contributed by atoms with van der Waals surface area (Å²) >= 11 is 0. The Bertz CT molecular complexity index is 143. The van der Waals surface area contributed by atoms with Crippen LogP contribution in [0.3, 0.4) is 0 Å². The van der Waals surface area contributed by atoms with E-state index < -0.39 is 0 Å². The molecule has 0 saturated carbocycles. The van der Waals surface area contributed by atoms with E-state index in [1.807, 2.05) is 0 Å². The zero-order valence-electron chi connectivity index (χ0n) is 10.1. The molecule has 0 aromatic carbocycles. The lowest BCUT2D eigenvalue weighted by atomic mass is 9.93. The van der Waals surface area contributed by atoms with E-state index in [-0.39, 0.29) is 5.54 Å². The van der Waals surface area contributed by atoms with Crippen LogP contribution in [-0.2, 0) is 0 Å². The summed E-state index contributed by atoms with van der Waals surface area (Å²) < 4.78 is 0. The minimum atomic E-state index is 0.281. The Labute approximate surface area is 83.5 Å². The summed E-state index contributed by atoms with van der Waals surface area (Å²) in [6.07, 6.45) is 1.17. The van der Waals surface area contributed by atoms with Gasteiger partial charge in [0.2, 0.25) is 0 Å². The molecule has 13 heavy (non-hydrogen) atoms. The normalized spacial score (nSPS) is 17.5. The van der Waals surface area contributed by atoms with Crippen LogP contribution in [0.5, 0.6) is 0 Å². The molecule has 0 aromatic rings. The number of rotatable bonds is 5. The lowest BCUT2D eigenvalue weighted by Crippen LogP contribution is -2.49. The first-order valence-corrected chi connectivity index (χ1v) is 5.29. The Balaban J connectivity index is 4.32. The Morgan fingerprint density at radius 2 is 1.77 bits per heavy atom. The summed E-state index contributed by atoms with van der Waals surface area (Å²) in [5, 5.41) is 0. The van der Waals surface area contributed by atoms with E-state index in [0.29, 0.717) is 12.0 Å². The summed E-state index contributed by atoms with van der Waals surface area (Å²) in [5.74, 6) is 0.566. The molecular formula is C11H26N2. The van der Waals surface area contributed by atoms with E-state index in [1.54, 1.807) is 0 Å². The SMILES string of the molecule is CCC(C)(C)N(C)C(C)C(C)CN. The minimum Gasteiger partial charge on any atom is -0.330 e. The topological polar surface area (TPSA) is 29.3 Å². The Morgan fingerprint density at radius 1 is 1.31 bits per heavy atom. The molecule has 0 aliphatic heterocycles. The molecule has 2 atom stereocenters. The molecule has 0 aliphatic rings. The van der Waals surface area contributed by atoms with Crippen molar-refractivity contribution in [2.75, 3.05) is 13.6 Å². The predicted octanol–water partition coefficient (Wildman–Crippen LogP) is 2.09. The van der Waals surface area contributed by atoms with Crippen molar-refractivity contribution in [3.8, 4) is 0 Å². The second-order valence-corrected chi connectivity index (χ2v) is 4.73. The van der Waals surface area contributed by atoms with Gasteiger partial charge in [0.1, 0.15) is 0 Å². The van der Waals surface area contributed by atoms with Crippen LogP contribution in [0.2, 0.25) is 0 Å². The third-order valence-corrected chi connectivity index (χ3v) is 3.63. The standard InChI is InChI=1S/C11H26N2/c1-7-11(4,5)13(6)10(3)9(2)8-12/h9-10H,7-8,12H2,1-6H3. The van der Waals surface area contributed by atoms with Crippen molar-refractivity contribution in [3.63, 3.8) is 0 Å². The van der Waals surface area contributed by atoms with Crippen molar-refractivity contribution >= 4 is 0 Å². The zero-order valence-corrected chi connectivity index (χ0v) is 10.1. The summed E-state index contributed by atoms with van der Waals surface area (Å²) in [5.41, 5.74) is 5.95. The largest absolute Gasteiger partial charge is 0.330 e. The van der Waals surface area contributed by atoms with Gasteiger partial charge in [-0.15, -0.1) is 0 Å². The van der Waals surface area contributed by atoms with Gasteiger partial charge in [0.25, 0.3) is 0 Å². The first-order valence-electron chi connectivity index (χ1n) is 5.29. The van der Waals surface area contributed by atoms with E-state index in [4.69, 9.17) is 5.73 Å². The van der Waals surface area contributed by atoms with E-state index >= 15 is 0 Å². The van der Waals surface area contributed by atoms with Gasteiger partial charge in [0, 0.05) is 11.6 Å². The van der Waals surface area contributed by atoms with E-state index in [0.717, 1.165) is 6.54 Å². The number of nitrogens with two attached hydrogens (primary N) is 1. The number of nitrogens with zero attached hydrogens (tertiary/aromatic N) is 1. The lowest BCUT2D eigenvalue weighted by Gasteiger charge is -2.41. The third kappa shape index (κ3) is 3.28. The molecule has 80 valence electrons. The van der Waals surface area contributed by atoms with Gasteiger partial charge in [-0.2, -0.15) is 0 Å². The molecule has 0 aliphatic carbocycles. The van der Waals surface area contributed by atoms with E-state index in [1.165, 1.54) is 6.42 Å². The minimum absolute atomic E-state index is 0.281. The molecule has 0 spiro atoms. The smallest absolute Gasteiger partial charge is 0.0150 e. The molecule has 0 fully saturated rings. The fourth-order valence-corrected chi connectivity index (χ4v) is 1.38. The molecule has 0 heterocycles. The van der Waals surface area contributed by atoms with E-state index in [9.17, 15) is 0 Å². The van der Waals surface area contributed by atoms with Crippen LogP contribution in [0.4, 0.5) is 0 Å². The molecule has 0 amide bonds. The monoisotopic (exact) mass is 186 g/mol. The van der Waals surface area contributed by atoms with Crippen molar-refractivity contribution in [3.05, 3.63) is 0 Å². The van der Waals surface area contributed by atoms with Crippen LogP contribution in [-0.4, -0.2) is 30.1 Å². The first kappa shape index (κ1) is 12.9. The highest BCUT2D eigenvalue weighted by Gasteiger charge is 2.27. The predicted molar refractivity (Wildman–Crippen MR) is 59.8 cm³/mol. The van der Waals surface area contributed by atoms with Gasteiger partial charge in [-0.1, -0.05) is 13.8 Å². The number of hydrogen-bond acceptors (Lipinski definition) is 2. The molecular weight excluding hydrogens is 160 g/mol. The van der Waals surface area contributed by atoms with Crippen molar-refractivity contribution in [2.24, 2.45) is 11.7 Å². The highest BCUT2D eigenvalue weighted by atomic mass is 15.2. The Hall–Kier alpha value is -0.0800. The van der Waals surface area contributed by atoms with Gasteiger partial charge in [-0.25, -0.2) is 0 Å². The van der Waals surface area contributed by atoms with Crippen molar-refractivity contribution in [1.82, 2.24) is 4.90 Å².